The molecule has 1 N–H and O–H groups in total. The molecular weight excluding hydrogens is 328 g/mol. The van der Waals surface area contributed by atoms with Crippen molar-refractivity contribution in [2.24, 2.45) is 10.9 Å². The topological polar surface area (TPSA) is 57.2 Å². The lowest BCUT2D eigenvalue weighted by molar-refractivity contribution is -0.131. The van der Waals surface area contributed by atoms with Crippen molar-refractivity contribution in [2.45, 2.75) is 32.4 Å². The minimum Gasteiger partial charge on any atom is -0.381 e. The van der Waals surface area contributed by atoms with Gasteiger partial charge in [-0.3, -0.25) is 9.79 Å². The third kappa shape index (κ3) is 4.75. The van der Waals surface area contributed by atoms with Crippen LogP contribution in [0, 0.1) is 5.92 Å². The van der Waals surface area contributed by atoms with Gasteiger partial charge in [-0.05, 0) is 24.0 Å². The van der Waals surface area contributed by atoms with Crippen LogP contribution in [0.4, 0.5) is 0 Å². The van der Waals surface area contributed by atoms with Gasteiger partial charge in [0, 0.05) is 59.2 Å². The molecule has 0 spiro atoms. The zero-order valence-electron chi connectivity index (χ0n) is 15.9. The minimum atomic E-state index is 0.231. The van der Waals surface area contributed by atoms with Gasteiger partial charge in [0.15, 0.2) is 5.96 Å². The summed E-state index contributed by atoms with van der Waals surface area (Å²) in [6.07, 6.45) is 2.50. The Morgan fingerprint density at radius 1 is 1.35 bits per heavy atom. The maximum absolute atomic E-state index is 12.4. The standard InChI is InChI=1S/C20H30N4O2/c1-21-20(23(2)12-16-9-11-26-15-16)22-10-5-8-19(25)24-13-17-6-3-4-7-18(17)14-24/h3-4,6-7,16H,5,8-15H2,1-2H3,(H,21,22). The molecule has 0 saturated carbocycles. The summed E-state index contributed by atoms with van der Waals surface area (Å²) in [6, 6.07) is 8.30. The van der Waals surface area contributed by atoms with E-state index in [1.54, 1.807) is 7.05 Å². The number of carbonyl (C=O) groups is 1. The number of nitrogens with one attached hydrogen (secondary N) is 1. The molecule has 1 aromatic rings. The van der Waals surface area contributed by atoms with E-state index in [1.165, 1.54) is 11.1 Å². The lowest BCUT2D eigenvalue weighted by Crippen LogP contribution is -2.42. The van der Waals surface area contributed by atoms with E-state index in [0.717, 1.165) is 58.2 Å². The van der Waals surface area contributed by atoms with Crippen LogP contribution >= 0.6 is 0 Å². The third-order valence-electron chi connectivity index (χ3n) is 5.17. The van der Waals surface area contributed by atoms with Crippen LogP contribution < -0.4 is 5.32 Å². The molecule has 6 heteroatoms. The zero-order chi connectivity index (χ0) is 18.4. The first kappa shape index (κ1) is 18.7. The first-order valence-electron chi connectivity index (χ1n) is 9.51. The number of hydrogen-bond acceptors (Lipinski definition) is 3. The monoisotopic (exact) mass is 358 g/mol. The van der Waals surface area contributed by atoms with E-state index in [0.29, 0.717) is 12.3 Å². The number of hydrogen-bond donors (Lipinski definition) is 1. The molecule has 6 nitrogen and oxygen atoms in total. The average molecular weight is 358 g/mol. The van der Waals surface area contributed by atoms with Crippen molar-refractivity contribution >= 4 is 11.9 Å². The molecule has 3 rings (SSSR count). The lowest BCUT2D eigenvalue weighted by atomic mass is 10.1. The first-order valence-corrected chi connectivity index (χ1v) is 9.51. The smallest absolute Gasteiger partial charge is 0.223 e. The van der Waals surface area contributed by atoms with Gasteiger partial charge in [-0.25, -0.2) is 0 Å². The minimum absolute atomic E-state index is 0.231. The Morgan fingerprint density at radius 2 is 2.08 bits per heavy atom. The Hall–Kier alpha value is -2.08. The fourth-order valence-electron chi connectivity index (χ4n) is 3.69. The number of guanidine groups is 1. The van der Waals surface area contributed by atoms with E-state index < -0.39 is 0 Å². The van der Waals surface area contributed by atoms with Crippen LogP contribution in [0.15, 0.2) is 29.3 Å². The van der Waals surface area contributed by atoms with Crippen LogP contribution in [0.2, 0.25) is 0 Å². The van der Waals surface area contributed by atoms with Crippen LogP contribution in [0.5, 0.6) is 0 Å². The van der Waals surface area contributed by atoms with Gasteiger partial charge >= 0.3 is 0 Å². The second-order valence-corrected chi connectivity index (χ2v) is 7.21. The van der Waals surface area contributed by atoms with E-state index >= 15 is 0 Å². The van der Waals surface area contributed by atoms with Gasteiger partial charge in [0.1, 0.15) is 0 Å². The van der Waals surface area contributed by atoms with Crippen molar-refractivity contribution in [3.8, 4) is 0 Å². The van der Waals surface area contributed by atoms with E-state index in [4.69, 9.17) is 4.74 Å². The maximum atomic E-state index is 12.4. The summed E-state index contributed by atoms with van der Waals surface area (Å²) in [6.45, 7) is 4.91. The van der Waals surface area contributed by atoms with Crippen LogP contribution in [0.25, 0.3) is 0 Å². The average Bonchev–Trinajstić information content (AvgIpc) is 3.30. The largest absolute Gasteiger partial charge is 0.381 e. The molecule has 2 aliphatic rings. The molecule has 1 atom stereocenters. The van der Waals surface area contributed by atoms with Gasteiger partial charge in [-0.2, -0.15) is 0 Å². The number of aliphatic imine (C=N–C) groups is 1. The molecule has 142 valence electrons. The Morgan fingerprint density at radius 3 is 2.69 bits per heavy atom. The summed E-state index contributed by atoms with van der Waals surface area (Å²) >= 11 is 0. The summed E-state index contributed by atoms with van der Waals surface area (Å²) in [4.78, 5) is 20.9. The molecule has 0 bridgehead atoms. The zero-order valence-corrected chi connectivity index (χ0v) is 15.9. The number of rotatable bonds is 6. The second kappa shape index (κ2) is 9.03. The van der Waals surface area contributed by atoms with E-state index in [-0.39, 0.29) is 5.91 Å². The first-order chi connectivity index (χ1) is 12.7. The van der Waals surface area contributed by atoms with Gasteiger partial charge in [0.25, 0.3) is 0 Å². The second-order valence-electron chi connectivity index (χ2n) is 7.21. The predicted molar refractivity (Wildman–Crippen MR) is 103 cm³/mol. The summed E-state index contributed by atoms with van der Waals surface area (Å²) < 4.78 is 5.44. The Kier molecular flexibility index (Phi) is 6.50. The van der Waals surface area contributed by atoms with Crippen molar-refractivity contribution in [1.82, 2.24) is 15.1 Å². The molecule has 1 unspecified atom stereocenters. The molecular formula is C20H30N4O2. The highest BCUT2D eigenvalue weighted by molar-refractivity contribution is 5.80. The highest BCUT2D eigenvalue weighted by Crippen LogP contribution is 2.22. The van der Waals surface area contributed by atoms with Crippen LogP contribution in [-0.4, -0.2) is 62.1 Å². The molecule has 1 amide bonds. The molecule has 0 aliphatic carbocycles. The SMILES string of the molecule is CN=C(NCCCC(=O)N1Cc2ccccc2C1)N(C)CC1CCOC1. The van der Waals surface area contributed by atoms with E-state index in [2.05, 4.69) is 34.4 Å². The fraction of sp³-hybridized carbons (Fsp3) is 0.600. The van der Waals surface area contributed by atoms with Crippen LogP contribution in [-0.2, 0) is 22.6 Å². The van der Waals surface area contributed by atoms with Gasteiger partial charge < -0.3 is 19.9 Å². The van der Waals surface area contributed by atoms with Gasteiger partial charge in [-0.15, -0.1) is 0 Å². The van der Waals surface area contributed by atoms with E-state index in [1.807, 2.05) is 17.0 Å². The molecule has 0 radical (unpaired) electrons. The Balaban J connectivity index is 1.36. The number of carbonyl (C=O) groups excluding carboxylic acids is 1. The van der Waals surface area contributed by atoms with E-state index in [9.17, 15) is 4.79 Å². The van der Waals surface area contributed by atoms with Crippen LogP contribution in [0.3, 0.4) is 0 Å². The molecule has 2 heterocycles. The molecule has 1 fully saturated rings. The predicted octanol–water partition coefficient (Wildman–Crippen LogP) is 1.85. The number of fused-ring (bicyclic) bond motifs is 1. The van der Waals surface area contributed by atoms with Gasteiger partial charge in [0.2, 0.25) is 5.91 Å². The molecule has 1 aromatic carbocycles. The Bertz CT molecular complexity index is 615. The Labute approximate surface area is 156 Å². The van der Waals surface area contributed by atoms with Gasteiger partial charge in [0.05, 0.1) is 6.61 Å². The lowest BCUT2D eigenvalue weighted by Gasteiger charge is -2.24. The quantitative estimate of drug-likeness (QED) is 0.479. The van der Waals surface area contributed by atoms with Crippen molar-refractivity contribution in [1.29, 1.82) is 0 Å². The number of benzene rings is 1. The third-order valence-corrected chi connectivity index (χ3v) is 5.17. The summed E-state index contributed by atoms with van der Waals surface area (Å²) in [5.74, 6) is 1.70. The van der Waals surface area contributed by atoms with Gasteiger partial charge in [-0.1, -0.05) is 24.3 Å². The van der Waals surface area contributed by atoms with Crippen molar-refractivity contribution in [3.63, 3.8) is 0 Å². The highest BCUT2D eigenvalue weighted by atomic mass is 16.5. The summed E-state index contributed by atoms with van der Waals surface area (Å²) in [5, 5.41) is 3.37. The van der Waals surface area contributed by atoms with Crippen molar-refractivity contribution in [2.75, 3.05) is 40.4 Å². The fourth-order valence-corrected chi connectivity index (χ4v) is 3.69. The normalized spacial score (nSPS) is 19.5. The van der Waals surface area contributed by atoms with Crippen molar-refractivity contribution in [3.05, 3.63) is 35.4 Å². The molecule has 26 heavy (non-hydrogen) atoms. The molecule has 0 aromatic heterocycles. The maximum Gasteiger partial charge on any atom is 0.223 e. The van der Waals surface area contributed by atoms with Crippen LogP contribution in [0.1, 0.15) is 30.4 Å². The number of amides is 1. The molecule has 2 aliphatic heterocycles. The van der Waals surface area contributed by atoms with Crippen molar-refractivity contribution < 1.29 is 9.53 Å². The summed E-state index contributed by atoms with van der Waals surface area (Å²) in [5.41, 5.74) is 2.55. The number of nitrogens with zero attached hydrogens (tertiary/aromatic N) is 3. The molecule has 1 saturated heterocycles. The number of ether oxygens (including phenoxy) is 1. The highest BCUT2D eigenvalue weighted by Gasteiger charge is 2.22. The summed E-state index contributed by atoms with van der Waals surface area (Å²) in [7, 11) is 3.86.